The normalized spacial score (nSPS) is 20.8. The summed E-state index contributed by atoms with van der Waals surface area (Å²) < 4.78 is 45.4. The van der Waals surface area contributed by atoms with Crippen LogP contribution in [0.2, 0.25) is 0 Å². The van der Waals surface area contributed by atoms with E-state index in [1.807, 2.05) is 27.7 Å². The number of nitrogens with zero attached hydrogens (tertiary/aromatic N) is 2. The molecule has 8 heteroatoms. The lowest BCUT2D eigenvalue weighted by atomic mass is 10.1. The van der Waals surface area contributed by atoms with Crippen molar-refractivity contribution >= 4 is 5.91 Å². The molecule has 0 radical (unpaired) electrons. The van der Waals surface area contributed by atoms with Gasteiger partial charge in [0.2, 0.25) is 5.91 Å². The van der Waals surface area contributed by atoms with Gasteiger partial charge in [-0.2, -0.15) is 13.2 Å². The maximum absolute atomic E-state index is 13.3. The fourth-order valence-corrected chi connectivity index (χ4v) is 2.76. The smallest absolute Gasteiger partial charge is 0.379 e. The summed E-state index contributed by atoms with van der Waals surface area (Å²) in [5.41, 5.74) is 0. The first-order chi connectivity index (χ1) is 11.1. The summed E-state index contributed by atoms with van der Waals surface area (Å²) in [7, 11) is 0. The molecule has 1 saturated heterocycles. The fourth-order valence-electron chi connectivity index (χ4n) is 2.76. The number of amides is 1. The molecule has 1 amide bonds. The highest BCUT2D eigenvalue weighted by Gasteiger charge is 2.46. The molecule has 1 unspecified atom stereocenters. The van der Waals surface area contributed by atoms with Gasteiger partial charge in [-0.05, 0) is 34.1 Å². The molecule has 5 nitrogen and oxygen atoms in total. The largest absolute Gasteiger partial charge is 0.405 e. The van der Waals surface area contributed by atoms with E-state index < -0.39 is 12.2 Å². The zero-order valence-electron chi connectivity index (χ0n) is 15.0. The fraction of sp³-hybridized carbons (Fsp3) is 0.938. The van der Waals surface area contributed by atoms with Crippen molar-refractivity contribution in [3.8, 4) is 0 Å². The molecule has 0 aliphatic carbocycles. The first-order valence-electron chi connectivity index (χ1n) is 8.53. The summed E-state index contributed by atoms with van der Waals surface area (Å²) in [6.07, 6.45) is -3.65. The van der Waals surface area contributed by atoms with E-state index in [1.54, 1.807) is 4.90 Å². The Kier molecular flexibility index (Phi) is 8.45. The Bertz CT molecular complexity index is 389. The summed E-state index contributed by atoms with van der Waals surface area (Å²) in [5, 5.41) is 2.72. The summed E-state index contributed by atoms with van der Waals surface area (Å²) in [6, 6.07) is -1.55. The molecule has 0 aromatic heterocycles. The predicted molar refractivity (Wildman–Crippen MR) is 86.8 cm³/mol. The minimum Gasteiger partial charge on any atom is -0.379 e. The van der Waals surface area contributed by atoms with E-state index in [0.29, 0.717) is 32.7 Å². The average Bonchev–Trinajstić information content (AvgIpc) is 2.42. The van der Waals surface area contributed by atoms with Crippen LogP contribution in [0.25, 0.3) is 0 Å². The van der Waals surface area contributed by atoms with E-state index in [4.69, 9.17) is 4.74 Å². The standard InChI is InChI=1S/C16H30F3N3O2/c1-12(2)20-15(23)11-21-7-8-22(6-5-9-24-13(3)4)14(10-21)16(17,18)19/h12-14H,5-11H2,1-4H3,(H,20,23). The van der Waals surface area contributed by atoms with E-state index in [9.17, 15) is 18.0 Å². The molecule has 0 aromatic carbocycles. The molecule has 0 bridgehead atoms. The molecular formula is C16H30F3N3O2. The number of ether oxygens (including phenoxy) is 1. The molecule has 1 heterocycles. The molecule has 1 N–H and O–H groups in total. The van der Waals surface area contributed by atoms with E-state index in [0.717, 1.165) is 0 Å². The molecule has 1 aliphatic rings. The molecule has 24 heavy (non-hydrogen) atoms. The lowest BCUT2D eigenvalue weighted by Gasteiger charge is -2.41. The number of hydrogen-bond acceptors (Lipinski definition) is 4. The maximum Gasteiger partial charge on any atom is 0.405 e. The van der Waals surface area contributed by atoms with Crippen molar-refractivity contribution < 1.29 is 22.7 Å². The molecule has 0 saturated carbocycles. The van der Waals surface area contributed by atoms with Crippen LogP contribution in [0.15, 0.2) is 0 Å². The van der Waals surface area contributed by atoms with Crippen molar-refractivity contribution in [1.29, 1.82) is 0 Å². The average molecular weight is 353 g/mol. The molecular weight excluding hydrogens is 323 g/mol. The monoisotopic (exact) mass is 353 g/mol. The Morgan fingerprint density at radius 1 is 1.25 bits per heavy atom. The topological polar surface area (TPSA) is 44.8 Å². The van der Waals surface area contributed by atoms with Crippen LogP contribution in [0.3, 0.4) is 0 Å². The van der Waals surface area contributed by atoms with Gasteiger partial charge in [-0.3, -0.25) is 14.6 Å². The third kappa shape index (κ3) is 7.81. The Labute approximate surface area is 142 Å². The first kappa shape index (κ1) is 21.2. The second kappa shape index (κ2) is 9.58. The number of nitrogens with one attached hydrogen (secondary N) is 1. The van der Waals surface area contributed by atoms with Gasteiger partial charge in [-0.1, -0.05) is 0 Å². The SMILES string of the molecule is CC(C)NC(=O)CN1CCN(CCCOC(C)C)C(C(F)(F)F)C1. The highest BCUT2D eigenvalue weighted by Crippen LogP contribution is 2.28. The van der Waals surface area contributed by atoms with Crippen molar-refractivity contribution in [3.63, 3.8) is 0 Å². The van der Waals surface area contributed by atoms with Crippen LogP contribution < -0.4 is 5.32 Å². The zero-order chi connectivity index (χ0) is 18.3. The number of halogens is 3. The number of rotatable bonds is 8. The van der Waals surface area contributed by atoms with Gasteiger partial charge < -0.3 is 10.1 Å². The number of alkyl halides is 3. The van der Waals surface area contributed by atoms with Crippen LogP contribution >= 0.6 is 0 Å². The molecule has 142 valence electrons. The van der Waals surface area contributed by atoms with E-state index in [1.165, 1.54) is 4.90 Å². The number of piperazine rings is 1. The van der Waals surface area contributed by atoms with Gasteiger partial charge in [0.15, 0.2) is 0 Å². The van der Waals surface area contributed by atoms with Gasteiger partial charge in [0.25, 0.3) is 0 Å². The Morgan fingerprint density at radius 2 is 1.92 bits per heavy atom. The van der Waals surface area contributed by atoms with Gasteiger partial charge >= 0.3 is 6.18 Å². The third-order valence-electron chi connectivity index (χ3n) is 3.81. The third-order valence-corrected chi connectivity index (χ3v) is 3.81. The molecule has 1 atom stereocenters. The second-order valence-electron chi connectivity index (χ2n) is 6.82. The van der Waals surface area contributed by atoms with Crippen LogP contribution in [-0.4, -0.2) is 79.4 Å². The van der Waals surface area contributed by atoms with Crippen LogP contribution in [0.4, 0.5) is 13.2 Å². The van der Waals surface area contributed by atoms with Gasteiger partial charge in [-0.25, -0.2) is 0 Å². The first-order valence-corrected chi connectivity index (χ1v) is 8.53. The van der Waals surface area contributed by atoms with E-state index in [-0.39, 0.29) is 31.1 Å². The Morgan fingerprint density at radius 3 is 2.46 bits per heavy atom. The van der Waals surface area contributed by atoms with Crippen LogP contribution in [0.1, 0.15) is 34.1 Å². The summed E-state index contributed by atoms with van der Waals surface area (Å²) in [4.78, 5) is 14.8. The van der Waals surface area contributed by atoms with Gasteiger partial charge in [0.1, 0.15) is 6.04 Å². The number of carbonyl (C=O) groups excluding carboxylic acids is 1. The molecule has 0 aromatic rings. The van der Waals surface area contributed by atoms with Crippen LogP contribution in [0, 0.1) is 0 Å². The highest BCUT2D eigenvalue weighted by atomic mass is 19.4. The number of hydrogen-bond donors (Lipinski definition) is 1. The molecule has 1 aliphatic heterocycles. The molecule has 0 spiro atoms. The van der Waals surface area contributed by atoms with E-state index in [2.05, 4.69) is 5.32 Å². The van der Waals surface area contributed by atoms with Crippen molar-refractivity contribution in [2.24, 2.45) is 0 Å². The molecule has 1 fully saturated rings. The summed E-state index contributed by atoms with van der Waals surface area (Å²) in [5.74, 6) is -0.232. The molecule has 1 rings (SSSR count). The Hall–Kier alpha value is -0.860. The summed E-state index contributed by atoms with van der Waals surface area (Å²) in [6.45, 7) is 8.88. The van der Waals surface area contributed by atoms with Crippen LogP contribution in [-0.2, 0) is 9.53 Å². The van der Waals surface area contributed by atoms with Crippen LogP contribution in [0.5, 0.6) is 0 Å². The summed E-state index contributed by atoms with van der Waals surface area (Å²) >= 11 is 0. The highest BCUT2D eigenvalue weighted by molar-refractivity contribution is 5.78. The minimum absolute atomic E-state index is 0.00899. The number of carbonyl (C=O) groups is 1. The van der Waals surface area contributed by atoms with Crippen molar-refractivity contribution in [3.05, 3.63) is 0 Å². The lowest BCUT2D eigenvalue weighted by Crippen LogP contribution is -2.60. The predicted octanol–water partition coefficient (Wildman–Crippen LogP) is 1.87. The Balaban J connectivity index is 2.53. The van der Waals surface area contributed by atoms with Crippen molar-refractivity contribution in [2.75, 3.05) is 39.3 Å². The maximum atomic E-state index is 13.3. The zero-order valence-corrected chi connectivity index (χ0v) is 15.0. The second-order valence-corrected chi connectivity index (χ2v) is 6.82. The quantitative estimate of drug-likeness (QED) is 0.677. The minimum atomic E-state index is -4.30. The van der Waals surface area contributed by atoms with Crippen molar-refractivity contribution in [1.82, 2.24) is 15.1 Å². The van der Waals surface area contributed by atoms with Crippen molar-refractivity contribution in [2.45, 2.75) is 58.5 Å². The van der Waals surface area contributed by atoms with E-state index >= 15 is 0 Å². The lowest BCUT2D eigenvalue weighted by molar-refractivity contribution is -0.197. The van der Waals surface area contributed by atoms with Gasteiger partial charge in [-0.15, -0.1) is 0 Å². The van der Waals surface area contributed by atoms with Gasteiger partial charge in [0, 0.05) is 38.8 Å². The van der Waals surface area contributed by atoms with Gasteiger partial charge in [0.05, 0.1) is 12.6 Å².